The van der Waals surface area contributed by atoms with Crippen molar-refractivity contribution in [1.82, 2.24) is 39.0 Å². The molecule has 18 nitrogen and oxygen atoms in total. The van der Waals surface area contributed by atoms with Crippen LogP contribution in [0.3, 0.4) is 0 Å². The molecular formula is C55H56N8O10. The summed E-state index contributed by atoms with van der Waals surface area (Å²) < 4.78 is 20.5. The number of nitrogens with zero attached hydrogens (tertiary/aromatic N) is 7. The number of esters is 1. The molecule has 10 rings (SSSR count). The van der Waals surface area contributed by atoms with E-state index >= 15 is 0 Å². The van der Waals surface area contributed by atoms with Crippen LogP contribution in [0, 0.1) is 6.92 Å². The summed E-state index contributed by atoms with van der Waals surface area (Å²) >= 11 is 0. The molecule has 0 spiro atoms. The first-order valence-electron chi connectivity index (χ1n) is 24.5. The summed E-state index contributed by atoms with van der Waals surface area (Å²) in [6.07, 6.45) is -0.506. The predicted molar refractivity (Wildman–Crippen MR) is 271 cm³/mol. The molecule has 3 aliphatic rings. The molecule has 73 heavy (non-hydrogen) atoms. The molecule has 1 atom stereocenters. The Morgan fingerprint density at radius 3 is 2.32 bits per heavy atom. The number of phenolic OH excluding ortho intramolecular Hbond substituents is 2. The molecule has 0 aliphatic carbocycles. The fourth-order valence-electron chi connectivity index (χ4n) is 10.3. The average molecular weight is 989 g/mol. The normalized spacial score (nSPS) is 16.3. The van der Waals surface area contributed by atoms with Gasteiger partial charge < -0.3 is 38.8 Å². The van der Waals surface area contributed by atoms with Crippen LogP contribution in [0.15, 0.2) is 94.5 Å². The number of piperazine rings is 1. The number of amides is 2. The zero-order valence-electron chi connectivity index (χ0n) is 41.5. The standard InChI is InChI=1S/C55H56N8O10/c1-7-37-39-23-32(5)9-18-44(39)56-48-41(37)29-62-45(48)25-43-42(50(62)66)30-71-51(67)55(43,8-2)73-53(69)59(6)27-33-12-16-36(17-13-33)72-54(70)61-21-19-60(20-22-61)28-34-10-14-35(15-11-34)63-49(57-58-52(63)68)40-24-38(31(3)4)46(64)26-47(40)65/h9-18,23-26,31,64-65H,7-8,19-22,27-30H2,1-6H3,(H,58,68). The van der Waals surface area contributed by atoms with Crippen molar-refractivity contribution < 1.29 is 38.8 Å². The minimum absolute atomic E-state index is 0.0257. The number of hydrogen-bond donors (Lipinski definition) is 3. The van der Waals surface area contributed by atoms with Crippen molar-refractivity contribution in [2.45, 2.75) is 85.2 Å². The first kappa shape index (κ1) is 48.4. The van der Waals surface area contributed by atoms with Crippen molar-refractivity contribution in [3.63, 3.8) is 0 Å². The molecule has 1 fully saturated rings. The smallest absolute Gasteiger partial charge is 0.415 e. The monoisotopic (exact) mass is 988 g/mol. The zero-order valence-corrected chi connectivity index (χ0v) is 41.5. The third kappa shape index (κ3) is 8.74. The number of H-pyrrole nitrogens is 1. The number of aromatic amines is 1. The van der Waals surface area contributed by atoms with E-state index in [0.29, 0.717) is 84.3 Å². The van der Waals surface area contributed by atoms with Crippen LogP contribution >= 0.6 is 0 Å². The highest BCUT2D eigenvalue weighted by molar-refractivity contribution is 5.90. The van der Waals surface area contributed by atoms with E-state index in [4.69, 9.17) is 19.2 Å². The maximum Gasteiger partial charge on any atom is 0.415 e. The molecule has 1 unspecified atom stereocenters. The van der Waals surface area contributed by atoms with Crippen molar-refractivity contribution in [3.8, 4) is 45.7 Å². The number of hydrogen-bond acceptors (Lipinski definition) is 13. The molecule has 2 amide bonds. The highest BCUT2D eigenvalue weighted by atomic mass is 16.6. The van der Waals surface area contributed by atoms with Gasteiger partial charge in [0.05, 0.1) is 40.3 Å². The molecule has 4 aromatic carbocycles. The van der Waals surface area contributed by atoms with E-state index in [9.17, 15) is 34.2 Å². The van der Waals surface area contributed by atoms with Crippen LogP contribution in [0.2, 0.25) is 0 Å². The van der Waals surface area contributed by atoms with Gasteiger partial charge in [-0.1, -0.05) is 63.6 Å². The van der Waals surface area contributed by atoms with E-state index in [-0.39, 0.29) is 53.9 Å². The number of aromatic nitrogens is 5. The topological polar surface area (TPSA) is 215 Å². The first-order chi connectivity index (χ1) is 35.1. The molecular weight excluding hydrogens is 933 g/mol. The van der Waals surface area contributed by atoms with Gasteiger partial charge in [-0.05, 0) is 96.5 Å². The molecule has 376 valence electrons. The number of carbonyl (C=O) groups excluding carboxylic acids is 3. The summed E-state index contributed by atoms with van der Waals surface area (Å²) in [6.45, 7) is 12.6. The van der Waals surface area contributed by atoms with Crippen LogP contribution < -0.4 is 16.0 Å². The van der Waals surface area contributed by atoms with Gasteiger partial charge >= 0.3 is 23.8 Å². The largest absolute Gasteiger partial charge is 0.508 e. The molecule has 3 N–H and O–H groups in total. The molecule has 0 bridgehead atoms. The van der Waals surface area contributed by atoms with Gasteiger partial charge in [-0.25, -0.2) is 33.8 Å². The number of fused-ring (bicyclic) bond motifs is 5. The molecule has 0 saturated carbocycles. The Morgan fingerprint density at radius 1 is 0.890 bits per heavy atom. The molecule has 7 aromatic rings. The molecule has 3 aromatic heterocycles. The fourth-order valence-corrected chi connectivity index (χ4v) is 10.3. The van der Waals surface area contributed by atoms with E-state index in [1.807, 2.05) is 57.2 Å². The maximum atomic E-state index is 14.2. The lowest BCUT2D eigenvalue weighted by atomic mass is 9.85. The maximum absolute atomic E-state index is 14.2. The van der Waals surface area contributed by atoms with E-state index in [0.717, 1.165) is 39.6 Å². The summed E-state index contributed by atoms with van der Waals surface area (Å²) in [5.74, 6) is -0.470. The lowest BCUT2D eigenvalue weighted by molar-refractivity contribution is -0.173. The van der Waals surface area contributed by atoms with Crippen molar-refractivity contribution in [3.05, 3.63) is 150 Å². The highest BCUT2D eigenvalue weighted by Crippen LogP contribution is 2.43. The third-order valence-corrected chi connectivity index (χ3v) is 14.3. The van der Waals surface area contributed by atoms with Crippen LogP contribution in [0.1, 0.15) is 84.5 Å². The summed E-state index contributed by atoms with van der Waals surface area (Å²) in [5, 5.41) is 28.7. The van der Waals surface area contributed by atoms with Crippen molar-refractivity contribution in [2.75, 3.05) is 33.2 Å². The van der Waals surface area contributed by atoms with Crippen LogP contribution in [0.5, 0.6) is 17.2 Å². The molecule has 1 saturated heterocycles. The van der Waals surface area contributed by atoms with Crippen molar-refractivity contribution >= 4 is 29.1 Å². The number of phenols is 2. The second kappa shape index (κ2) is 19.1. The van der Waals surface area contributed by atoms with Gasteiger partial charge in [0.25, 0.3) is 5.56 Å². The van der Waals surface area contributed by atoms with E-state index in [2.05, 4.69) is 28.1 Å². The summed E-state index contributed by atoms with van der Waals surface area (Å²) in [5.41, 5.74) is 6.33. The van der Waals surface area contributed by atoms with Crippen molar-refractivity contribution in [1.29, 1.82) is 0 Å². The van der Waals surface area contributed by atoms with Crippen LogP contribution in [-0.4, -0.2) is 101 Å². The summed E-state index contributed by atoms with van der Waals surface area (Å²) in [4.78, 5) is 78.2. The van der Waals surface area contributed by atoms with Gasteiger partial charge in [-0.15, -0.1) is 0 Å². The fraction of sp³-hybridized carbons (Fsp3) is 0.327. The Kier molecular flexibility index (Phi) is 12.6. The number of carbonyl (C=O) groups is 3. The summed E-state index contributed by atoms with van der Waals surface area (Å²) in [7, 11) is 1.55. The van der Waals surface area contributed by atoms with Gasteiger partial charge in [0.2, 0.25) is 5.60 Å². The Balaban J connectivity index is 0.748. The molecule has 3 aliphatic heterocycles. The second-order valence-corrected chi connectivity index (χ2v) is 19.3. The lowest BCUT2D eigenvalue weighted by Crippen LogP contribution is -2.49. The summed E-state index contributed by atoms with van der Waals surface area (Å²) in [6, 6.07) is 25.0. The Hall–Kier alpha value is -8.25. The minimum atomic E-state index is -1.87. The Bertz CT molecular complexity index is 3460. The minimum Gasteiger partial charge on any atom is -0.508 e. The number of ether oxygens (including phenoxy) is 3. The Morgan fingerprint density at radius 2 is 1.62 bits per heavy atom. The van der Waals surface area contributed by atoms with E-state index in [1.165, 1.54) is 15.5 Å². The van der Waals surface area contributed by atoms with Gasteiger partial charge in [-0.2, -0.15) is 5.10 Å². The zero-order chi connectivity index (χ0) is 51.5. The number of pyridine rings is 2. The van der Waals surface area contributed by atoms with E-state index < -0.39 is 29.4 Å². The second-order valence-electron chi connectivity index (χ2n) is 19.3. The van der Waals surface area contributed by atoms with Crippen LogP contribution in [0.25, 0.3) is 39.4 Å². The quantitative estimate of drug-likeness (QED) is 0.107. The SMILES string of the molecule is CCc1c2c(nc3ccc(C)cc13)-c1cc3c(c(=O)n1C2)COC(=O)C3(CC)OC(=O)N(C)Cc1ccc(OC(=O)N2CCN(Cc3ccc(-n4c(-c5cc(C(C)C)c(O)cc5O)n[nH]c4=O)cc3)CC2)cc1. The Labute approximate surface area is 420 Å². The van der Waals surface area contributed by atoms with Crippen LogP contribution in [-0.2, 0) is 52.5 Å². The predicted octanol–water partition coefficient (Wildman–Crippen LogP) is 7.62. The van der Waals surface area contributed by atoms with Gasteiger partial charge in [-0.3, -0.25) is 9.69 Å². The molecule has 18 heteroatoms. The van der Waals surface area contributed by atoms with E-state index in [1.54, 1.807) is 59.8 Å². The number of nitrogens with one attached hydrogen (secondary N) is 1. The number of aromatic hydroxyl groups is 2. The van der Waals surface area contributed by atoms with Crippen molar-refractivity contribution in [2.24, 2.45) is 0 Å². The average Bonchev–Trinajstić information content (AvgIpc) is 3.95. The lowest BCUT2D eigenvalue weighted by Gasteiger charge is -2.36. The third-order valence-electron chi connectivity index (χ3n) is 14.3. The number of cyclic esters (lactones) is 1. The van der Waals surface area contributed by atoms with Gasteiger partial charge in [0.1, 0.15) is 23.9 Å². The number of rotatable bonds is 11. The molecule has 0 radical (unpaired) electrons. The first-order valence-corrected chi connectivity index (χ1v) is 24.5. The highest BCUT2D eigenvalue weighted by Gasteiger charge is 2.51. The van der Waals surface area contributed by atoms with Gasteiger partial charge in [0.15, 0.2) is 5.82 Å². The number of aryl methyl sites for hydroxylation is 2. The van der Waals surface area contributed by atoms with Gasteiger partial charge in [0, 0.05) is 68.9 Å². The molecule has 6 heterocycles. The van der Waals surface area contributed by atoms with Crippen LogP contribution in [0.4, 0.5) is 9.59 Å². The number of benzene rings is 4.